The smallest absolute Gasteiger partial charge is 0.246 e. The minimum absolute atomic E-state index is 0.0517. The fraction of sp³-hybridized carbons (Fsp3) is 0.500. The molecule has 2 rings (SSSR count). The molecule has 0 aromatic heterocycles. The van der Waals surface area contributed by atoms with Crippen LogP contribution < -0.4 is 10.5 Å². The van der Waals surface area contributed by atoms with Crippen LogP contribution in [-0.2, 0) is 19.6 Å². The second-order valence-electron chi connectivity index (χ2n) is 5.36. The van der Waals surface area contributed by atoms with Crippen LogP contribution in [0, 0.1) is 5.92 Å². The van der Waals surface area contributed by atoms with Crippen LogP contribution in [0.25, 0.3) is 0 Å². The van der Waals surface area contributed by atoms with Gasteiger partial charge in [-0.25, -0.2) is 13.6 Å². The molecule has 7 heteroatoms. The van der Waals surface area contributed by atoms with Gasteiger partial charge in [-0.3, -0.25) is 4.79 Å². The van der Waals surface area contributed by atoms with Gasteiger partial charge in [-0.2, -0.15) is 0 Å². The maximum atomic E-state index is 11.7. The van der Waals surface area contributed by atoms with Gasteiger partial charge in [0.05, 0.1) is 17.5 Å². The van der Waals surface area contributed by atoms with Crippen LogP contribution in [0.5, 0.6) is 0 Å². The van der Waals surface area contributed by atoms with Crippen molar-refractivity contribution in [2.75, 3.05) is 13.2 Å². The zero-order valence-corrected chi connectivity index (χ0v) is 12.7. The normalized spacial score (nSPS) is 16.5. The minimum atomic E-state index is -3.69. The van der Waals surface area contributed by atoms with Crippen molar-refractivity contribution in [1.29, 1.82) is 0 Å². The van der Waals surface area contributed by atoms with Crippen LogP contribution in [-0.4, -0.2) is 27.5 Å². The van der Waals surface area contributed by atoms with Crippen molar-refractivity contribution >= 4 is 15.9 Å². The van der Waals surface area contributed by atoms with Crippen molar-refractivity contribution in [3.63, 3.8) is 0 Å². The maximum absolute atomic E-state index is 11.7. The molecule has 0 aliphatic heterocycles. The number of carbonyl (C=O) groups is 1. The summed E-state index contributed by atoms with van der Waals surface area (Å²) in [6.07, 6.45) is 2.38. The number of nitrogens with one attached hydrogen (secondary N) is 1. The Hall–Kier alpha value is -1.44. The lowest BCUT2D eigenvalue weighted by atomic mass is 10.1. The van der Waals surface area contributed by atoms with Gasteiger partial charge in [0, 0.05) is 0 Å². The lowest BCUT2D eigenvalue weighted by molar-refractivity contribution is -0.126. The third-order valence-electron chi connectivity index (χ3n) is 3.37. The summed E-state index contributed by atoms with van der Waals surface area (Å²) < 4.78 is 27.6. The predicted molar refractivity (Wildman–Crippen MR) is 77.9 cm³/mol. The van der Waals surface area contributed by atoms with Gasteiger partial charge in [-0.05, 0) is 43.4 Å². The molecule has 0 bridgehead atoms. The topological polar surface area (TPSA) is 98.5 Å². The molecule has 1 aromatic carbocycles. The summed E-state index contributed by atoms with van der Waals surface area (Å²) in [5.74, 6) is 0.444. The highest BCUT2D eigenvalue weighted by molar-refractivity contribution is 7.89. The molecule has 0 saturated heterocycles. The Labute approximate surface area is 124 Å². The van der Waals surface area contributed by atoms with E-state index in [2.05, 4.69) is 5.32 Å². The van der Waals surface area contributed by atoms with Gasteiger partial charge >= 0.3 is 0 Å². The number of amides is 1. The third kappa shape index (κ3) is 5.11. The monoisotopic (exact) mass is 312 g/mol. The summed E-state index contributed by atoms with van der Waals surface area (Å²) in [4.78, 5) is 11.8. The van der Waals surface area contributed by atoms with Crippen molar-refractivity contribution in [1.82, 2.24) is 5.32 Å². The van der Waals surface area contributed by atoms with E-state index in [1.54, 1.807) is 12.1 Å². The molecule has 1 saturated carbocycles. The molecule has 116 valence electrons. The van der Waals surface area contributed by atoms with E-state index < -0.39 is 10.0 Å². The molecule has 3 N–H and O–H groups in total. The molecule has 0 spiro atoms. The highest BCUT2D eigenvalue weighted by atomic mass is 32.2. The average Bonchev–Trinajstić information content (AvgIpc) is 3.22. The van der Waals surface area contributed by atoms with Gasteiger partial charge < -0.3 is 10.1 Å². The molecular weight excluding hydrogens is 292 g/mol. The summed E-state index contributed by atoms with van der Waals surface area (Å²) in [7, 11) is -3.69. The molecule has 6 nitrogen and oxygen atoms in total. The number of benzene rings is 1. The van der Waals surface area contributed by atoms with E-state index in [9.17, 15) is 13.2 Å². The van der Waals surface area contributed by atoms with Crippen molar-refractivity contribution in [3.8, 4) is 0 Å². The van der Waals surface area contributed by atoms with Gasteiger partial charge in [-0.15, -0.1) is 0 Å². The summed E-state index contributed by atoms with van der Waals surface area (Å²) in [5.41, 5.74) is 0.804. The van der Waals surface area contributed by atoms with Crippen LogP contribution >= 0.6 is 0 Å². The van der Waals surface area contributed by atoms with E-state index in [0.717, 1.165) is 5.56 Å². The minimum Gasteiger partial charge on any atom is -0.371 e. The van der Waals surface area contributed by atoms with E-state index in [1.165, 1.54) is 25.0 Å². The quantitative estimate of drug-likeness (QED) is 0.782. The first-order valence-corrected chi connectivity index (χ1v) is 8.41. The number of hydrogen-bond donors (Lipinski definition) is 2. The fourth-order valence-electron chi connectivity index (χ4n) is 1.92. The number of nitrogens with two attached hydrogens (primary N) is 1. The fourth-order valence-corrected chi connectivity index (χ4v) is 2.43. The van der Waals surface area contributed by atoms with Gasteiger partial charge in [-0.1, -0.05) is 12.1 Å². The molecule has 0 unspecified atom stereocenters. The Bertz CT molecular complexity index is 594. The second kappa shape index (κ2) is 6.55. The summed E-state index contributed by atoms with van der Waals surface area (Å²) >= 11 is 0. The van der Waals surface area contributed by atoms with E-state index in [0.29, 0.717) is 12.5 Å². The standard InChI is InChI=1S/C14H20N2O4S/c1-10(16-14(17)9-20-8-11-2-3-11)12-4-6-13(7-5-12)21(15,18)19/h4-7,10-11H,2-3,8-9H2,1H3,(H,16,17)(H2,15,18,19)/t10-/m1/s1. The van der Waals surface area contributed by atoms with E-state index >= 15 is 0 Å². The molecule has 1 atom stereocenters. The summed E-state index contributed by atoms with van der Waals surface area (Å²) in [5, 5.41) is 7.84. The van der Waals surface area contributed by atoms with Crippen LogP contribution in [0.15, 0.2) is 29.2 Å². The zero-order valence-electron chi connectivity index (χ0n) is 11.9. The van der Waals surface area contributed by atoms with E-state index in [4.69, 9.17) is 9.88 Å². The van der Waals surface area contributed by atoms with Gasteiger partial charge in [0.1, 0.15) is 6.61 Å². The highest BCUT2D eigenvalue weighted by Crippen LogP contribution is 2.28. The number of carbonyl (C=O) groups excluding carboxylic acids is 1. The van der Waals surface area contributed by atoms with Crippen molar-refractivity contribution < 1.29 is 17.9 Å². The SMILES string of the molecule is C[C@@H](NC(=O)COCC1CC1)c1ccc(S(N)(=O)=O)cc1. The molecule has 1 fully saturated rings. The van der Waals surface area contributed by atoms with Crippen molar-refractivity contribution in [2.45, 2.75) is 30.7 Å². The van der Waals surface area contributed by atoms with Gasteiger partial charge in [0.2, 0.25) is 15.9 Å². The van der Waals surface area contributed by atoms with E-state index in [-0.39, 0.29) is 23.5 Å². The Kier molecular flexibility index (Phi) is 4.97. The first-order chi connectivity index (χ1) is 9.86. The number of primary sulfonamides is 1. The Balaban J connectivity index is 1.84. The lowest BCUT2D eigenvalue weighted by Gasteiger charge is -2.14. The second-order valence-corrected chi connectivity index (χ2v) is 6.92. The Morgan fingerprint density at radius 3 is 2.52 bits per heavy atom. The molecule has 0 heterocycles. The van der Waals surface area contributed by atoms with Crippen LogP contribution in [0.4, 0.5) is 0 Å². The van der Waals surface area contributed by atoms with Crippen LogP contribution in [0.3, 0.4) is 0 Å². The molecular formula is C14H20N2O4S. The number of hydrogen-bond acceptors (Lipinski definition) is 4. The Morgan fingerprint density at radius 1 is 1.38 bits per heavy atom. The third-order valence-corrected chi connectivity index (χ3v) is 4.30. The van der Waals surface area contributed by atoms with Crippen molar-refractivity contribution in [2.24, 2.45) is 11.1 Å². The zero-order chi connectivity index (χ0) is 15.5. The highest BCUT2D eigenvalue weighted by Gasteiger charge is 2.21. The largest absolute Gasteiger partial charge is 0.371 e. The molecule has 1 amide bonds. The molecule has 0 radical (unpaired) electrons. The number of sulfonamides is 1. The van der Waals surface area contributed by atoms with E-state index in [1.807, 2.05) is 6.92 Å². The molecule has 1 aliphatic rings. The maximum Gasteiger partial charge on any atom is 0.246 e. The lowest BCUT2D eigenvalue weighted by Crippen LogP contribution is -2.30. The van der Waals surface area contributed by atoms with Gasteiger partial charge in [0.25, 0.3) is 0 Å². The first-order valence-electron chi connectivity index (χ1n) is 6.86. The number of ether oxygens (including phenoxy) is 1. The summed E-state index contributed by atoms with van der Waals surface area (Å²) in [6, 6.07) is 5.90. The van der Waals surface area contributed by atoms with Crippen LogP contribution in [0.1, 0.15) is 31.4 Å². The molecule has 1 aliphatic carbocycles. The van der Waals surface area contributed by atoms with Gasteiger partial charge in [0.15, 0.2) is 0 Å². The summed E-state index contributed by atoms with van der Waals surface area (Å²) in [6.45, 7) is 2.52. The Morgan fingerprint density at radius 2 is 2.00 bits per heavy atom. The predicted octanol–water partition coefficient (Wildman–Crippen LogP) is 0.938. The van der Waals surface area contributed by atoms with Crippen molar-refractivity contribution in [3.05, 3.63) is 29.8 Å². The number of rotatable bonds is 7. The molecule has 21 heavy (non-hydrogen) atoms. The molecule has 1 aromatic rings. The first kappa shape index (κ1) is 15.9. The van der Waals surface area contributed by atoms with Crippen LogP contribution in [0.2, 0.25) is 0 Å². The average molecular weight is 312 g/mol.